The normalized spacial score (nSPS) is 11.6. The van der Waals surface area contributed by atoms with Crippen LogP contribution in [0.3, 0.4) is 0 Å². The van der Waals surface area contributed by atoms with Gasteiger partial charge in [0.15, 0.2) is 24.0 Å². The third-order valence-corrected chi connectivity index (χ3v) is 2.69. The van der Waals surface area contributed by atoms with Gasteiger partial charge in [-0.05, 0) is 12.1 Å². The number of thiazole rings is 1. The van der Waals surface area contributed by atoms with E-state index in [2.05, 4.69) is 9.72 Å². The topological polar surface area (TPSA) is 22.1 Å². The molecule has 2 rings (SSSR count). The number of benzene rings is 1. The summed E-state index contributed by atoms with van der Waals surface area (Å²) < 4.78 is 66.9. The summed E-state index contributed by atoms with van der Waals surface area (Å²) in [5, 5.41) is 1.56. The maximum atomic E-state index is 13.5. The van der Waals surface area contributed by atoms with Crippen molar-refractivity contribution in [1.29, 1.82) is 0 Å². The second-order valence-electron chi connectivity index (χ2n) is 3.55. The Kier molecular flexibility index (Phi) is 3.70. The predicted molar refractivity (Wildman–Crippen MR) is 59.0 cm³/mol. The van der Waals surface area contributed by atoms with Gasteiger partial charge in [0, 0.05) is 10.9 Å². The van der Waals surface area contributed by atoms with Crippen LogP contribution in [0.5, 0.6) is 5.75 Å². The predicted octanol–water partition coefficient (Wildman–Crippen LogP) is 4.03. The minimum Gasteiger partial charge on any atom is -0.478 e. The van der Waals surface area contributed by atoms with Crippen molar-refractivity contribution in [3.05, 3.63) is 34.7 Å². The van der Waals surface area contributed by atoms with Crippen molar-refractivity contribution in [3.63, 3.8) is 0 Å². The van der Waals surface area contributed by atoms with Gasteiger partial charge in [0.1, 0.15) is 0 Å². The lowest BCUT2D eigenvalue weighted by Gasteiger charge is -2.11. The van der Waals surface area contributed by atoms with Crippen LogP contribution < -0.4 is 4.74 Å². The Morgan fingerprint density at radius 2 is 1.79 bits per heavy atom. The molecule has 0 aliphatic carbocycles. The Morgan fingerprint density at radius 1 is 1.16 bits per heavy atom. The van der Waals surface area contributed by atoms with E-state index in [1.807, 2.05) is 0 Å². The molecule has 0 radical (unpaired) electrons. The third kappa shape index (κ3) is 3.40. The van der Waals surface area contributed by atoms with E-state index < -0.39 is 30.2 Å². The summed E-state index contributed by atoms with van der Waals surface area (Å²) in [5.41, 5.74) is 1.94. The summed E-state index contributed by atoms with van der Waals surface area (Å²) in [6.07, 6.45) is -4.66. The third-order valence-electron chi connectivity index (χ3n) is 2.11. The number of rotatable bonds is 3. The van der Waals surface area contributed by atoms with E-state index >= 15 is 0 Å². The van der Waals surface area contributed by atoms with Gasteiger partial charge in [0.05, 0.1) is 11.2 Å². The Labute approximate surface area is 108 Å². The molecule has 0 amide bonds. The Bertz CT molecular complexity index is 544. The van der Waals surface area contributed by atoms with Crippen molar-refractivity contribution >= 4 is 11.3 Å². The quantitative estimate of drug-likeness (QED) is 0.798. The van der Waals surface area contributed by atoms with Crippen LogP contribution in [-0.2, 0) is 0 Å². The molecule has 0 spiro atoms. The van der Waals surface area contributed by atoms with Gasteiger partial charge in [-0.15, -0.1) is 11.3 Å². The fourth-order valence-corrected chi connectivity index (χ4v) is 1.92. The van der Waals surface area contributed by atoms with Crippen LogP contribution >= 0.6 is 11.3 Å². The van der Waals surface area contributed by atoms with Crippen LogP contribution in [0.15, 0.2) is 23.0 Å². The first-order valence-corrected chi connectivity index (χ1v) is 5.88. The van der Waals surface area contributed by atoms with E-state index in [-0.39, 0.29) is 5.56 Å². The molecular formula is C11H6F5NOS. The highest BCUT2D eigenvalue weighted by Gasteiger charge is 2.29. The van der Waals surface area contributed by atoms with Crippen molar-refractivity contribution < 1.29 is 26.7 Å². The molecule has 0 saturated heterocycles. The van der Waals surface area contributed by atoms with Gasteiger partial charge >= 0.3 is 6.18 Å². The zero-order valence-corrected chi connectivity index (χ0v) is 9.99. The molecule has 2 nitrogen and oxygen atoms in total. The molecule has 102 valence electrons. The molecule has 1 heterocycles. The maximum Gasteiger partial charge on any atom is 0.422 e. The SMILES string of the molecule is Fc1cc(-c2cscn2)cc(F)c1OCC(F)(F)F. The highest BCUT2D eigenvalue weighted by Crippen LogP contribution is 2.30. The summed E-state index contributed by atoms with van der Waals surface area (Å²) in [6.45, 7) is -1.75. The van der Waals surface area contributed by atoms with E-state index in [0.29, 0.717) is 5.69 Å². The van der Waals surface area contributed by atoms with Crippen LogP contribution in [0.25, 0.3) is 11.3 Å². The van der Waals surface area contributed by atoms with E-state index in [9.17, 15) is 22.0 Å². The highest BCUT2D eigenvalue weighted by molar-refractivity contribution is 7.07. The standard InChI is InChI=1S/C11H6F5NOS/c12-7-1-6(9-3-19-5-17-9)2-8(13)10(7)18-4-11(14,15)16/h1-3,5H,4H2. The van der Waals surface area contributed by atoms with Crippen LogP contribution in [-0.4, -0.2) is 17.8 Å². The second-order valence-corrected chi connectivity index (χ2v) is 4.27. The van der Waals surface area contributed by atoms with E-state index in [1.165, 1.54) is 16.8 Å². The molecule has 0 fully saturated rings. The fourth-order valence-electron chi connectivity index (χ4n) is 1.35. The Morgan fingerprint density at radius 3 is 2.26 bits per heavy atom. The average molecular weight is 295 g/mol. The lowest BCUT2D eigenvalue weighted by molar-refractivity contribution is -0.154. The number of hydrogen-bond acceptors (Lipinski definition) is 3. The van der Waals surface area contributed by atoms with Gasteiger partial charge in [-0.2, -0.15) is 13.2 Å². The number of aromatic nitrogens is 1. The first-order chi connectivity index (χ1) is 8.87. The van der Waals surface area contributed by atoms with Gasteiger partial charge in [0.2, 0.25) is 0 Å². The van der Waals surface area contributed by atoms with E-state index in [4.69, 9.17) is 0 Å². The average Bonchev–Trinajstić information content (AvgIpc) is 2.79. The van der Waals surface area contributed by atoms with Crippen molar-refractivity contribution in [2.45, 2.75) is 6.18 Å². The molecule has 0 N–H and O–H groups in total. The molecule has 0 unspecified atom stereocenters. The van der Waals surface area contributed by atoms with E-state index in [0.717, 1.165) is 12.1 Å². The first-order valence-electron chi connectivity index (χ1n) is 4.94. The molecule has 0 aliphatic heterocycles. The Hall–Kier alpha value is -1.70. The largest absolute Gasteiger partial charge is 0.478 e. The lowest BCUT2D eigenvalue weighted by atomic mass is 10.1. The summed E-state index contributed by atoms with van der Waals surface area (Å²) in [7, 11) is 0. The molecule has 1 aromatic heterocycles. The van der Waals surface area contributed by atoms with Crippen molar-refractivity contribution in [3.8, 4) is 17.0 Å². The Balaban J connectivity index is 2.28. The van der Waals surface area contributed by atoms with Crippen molar-refractivity contribution in [2.75, 3.05) is 6.61 Å². The van der Waals surface area contributed by atoms with Crippen LogP contribution in [0.2, 0.25) is 0 Å². The van der Waals surface area contributed by atoms with Gasteiger partial charge in [0.25, 0.3) is 0 Å². The fraction of sp³-hybridized carbons (Fsp3) is 0.182. The summed E-state index contributed by atoms with van der Waals surface area (Å²) in [6, 6.07) is 1.76. The minimum atomic E-state index is -4.66. The zero-order valence-electron chi connectivity index (χ0n) is 9.17. The van der Waals surface area contributed by atoms with Crippen LogP contribution in [0.1, 0.15) is 0 Å². The summed E-state index contributed by atoms with van der Waals surface area (Å²) in [4.78, 5) is 3.85. The molecule has 2 aromatic rings. The van der Waals surface area contributed by atoms with Crippen LogP contribution in [0.4, 0.5) is 22.0 Å². The first kappa shape index (κ1) is 13.7. The maximum absolute atomic E-state index is 13.5. The molecule has 19 heavy (non-hydrogen) atoms. The van der Waals surface area contributed by atoms with Crippen molar-refractivity contribution in [2.24, 2.45) is 0 Å². The number of nitrogens with zero attached hydrogens (tertiary/aromatic N) is 1. The van der Waals surface area contributed by atoms with Gasteiger partial charge in [-0.25, -0.2) is 13.8 Å². The summed E-state index contributed by atoms with van der Waals surface area (Å²) in [5.74, 6) is -3.45. The molecule has 0 bridgehead atoms. The molecule has 8 heteroatoms. The lowest BCUT2D eigenvalue weighted by Crippen LogP contribution is -2.20. The molecule has 1 aromatic carbocycles. The zero-order chi connectivity index (χ0) is 14.0. The number of hydrogen-bond donors (Lipinski definition) is 0. The van der Waals surface area contributed by atoms with Gasteiger partial charge in [-0.3, -0.25) is 0 Å². The summed E-state index contributed by atoms with van der Waals surface area (Å²) >= 11 is 1.23. The second kappa shape index (κ2) is 5.12. The minimum absolute atomic E-state index is 0.135. The van der Waals surface area contributed by atoms with Gasteiger partial charge < -0.3 is 4.74 Å². The number of ether oxygens (including phenoxy) is 1. The highest BCUT2D eigenvalue weighted by atomic mass is 32.1. The number of alkyl halides is 3. The monoisotopic (exact) mass is 295 g/mol. The smallest absolute Gasteiger partial charge is 0.422 e. The molecule has 0 saturated carbocycles. The van der Waals surface area contributed by atoms with E-state index in [1.54, 1.807) is 5.38 Å². The molecular weight excluding hydrogens is 289 g/mol. The molecule has 0 atom stereocenters. The van der Waals surface area contributed by atoms with Crippen molar-refractivity contribution in [1.82, 2.24) is 4.98 Å². The number of halogens is 5. The van der Waals surface area contributed by atoms with Gasteiger partial charge in [-0.1, -0.05) is 0 Å². The molecule has 0 aliphatic rings. The van der Waals surface area contributed by atoms with Crippen LogP contribution in [0, 0.1) is 11.6 Å².